The highest BCUT2D eigenvalue weighted by Crippen LogP contribution is 2.28. The summed E-state index contributed by atoms with van der Waals surface area (Å²) in [6.07, 6.45) is 3.11. The Kier molecular flexibility index (Phi) is 3.87. The van der Waals surface area contributed by atoms with Gasteiger partial charge < -0.3 is 9.42 Å². The molecule has 25 heavy (non-hydrogen) atoms. The highest BCUT2D eigenvalue weighted by Gasteiger charge is 2.26. The topological polar surface area (TPSA) is 92.8 Å². The maximum atomic E-state index is 12.6. The van der Waals surface area contributed by atoms with Crippen LogP contribution in [0.2, 0.25) is 0 Å². The van der Waals surface area contributed by atoms with E-state index in [9.17, 15) is 4.79 Å². The second-order valence-corrected chi connectivity index (χ2v) is 6.39. The zero-order valence-electron chi connectivity index (χ0n) is 14.3. The van der Waals surface area contributed by atoms with E-state index in [1.807, 2.05) is 41.8 Å². The van der Waals surface area contributed by atoms with Gasteiger partial charge in [-0.25, -0.2) is 0 Å². The summed E-state index contributed by atoms with van der Waals surface area (Å²) in [6, 6.07) is 3.80. The number of amides is 1. The standard InChI is InChI=1S/C17H20N6O2/c1-11-3-7-23(20-11)8-5-16(24)22-6-4-14-13(10-22)17(19-18-14)15-9-12(2)25-21-15/h3,7,9H,4-6,8,10H2,1-2H3,(H,18,19). The monoisotopic (exact) mass is 340 g/mol. The minimum atomic E-state index is 0.127. The van der Waals surface area contributed by atoms with E-state index in [2.05, 4.69) is 20.5 Å². The van der Waals surface area contributed by atoms with E-state index in [1.165, 1.54) is 0 Å². The number of nitrogens with zero attached hydrogens (tertiary/aromatic N) is 5. The molecule has 130 valence electrons. The van der Waals surface area contributed by atoms with Crippen molar-refractivity contribution < 1.29 is 9.32 Å². The molecule has 0 saturated carbocycles. The van der Waals surface area contributed by atoms with Crippen molar-refractivity contribution in [3.8, 4) is 11.4 Å². The Bertz CT molecular complexity index is 906. The first-order valence-electron chi connectivity index (χ1n) is 8.38. The minimum absolute atomic E-state index is 0.127. The van der Waals surface area contributed by atoms with Crippen LogP contribution in [0, 0.1) is 13.8 Å². The number of hydrogen-bond acceptors (Lipinski definition) is 5. The van der Waals surface area contributed by atoms with Crippen molar-refractivity contribution >= 4 is 5.91 Å². The second kappa shape index (κ2) is 6.19. The number of rotatable bonds is 4. The third-order valence-electron chi connectivity index (χ3n) is 4.49. The van der Waals surface area contributed by atoms with Crippen molar-refractivity contribution in [3.63, 3.8) is 0 Å². The Labute approximate surface area is 144 Å². The summed E-state index contributed by atoms with van der Waals surface area (Å²) in [6.45, 7) is 5.63. The van der Waals surface area contributed by atoms with Crippen LogP contribution < -0.4 is 0 Å². The molecular weight excluding hydrogens is 320 g/mol. The molecule has 1 aliphatic heterocycles. The summed E-state index contributed by atoms with van der Waals surface area (Å²) in [7, 11) is 0. The van der Waals surface area contributed by atoms with E-state index >= 15 is 0 Å². The van der Waals surface area contributed by atoms with E-state index in [1.54, 1.807) is 0 Å². The van der Waals surface area contributed by atoms with Crippen molar-refractivity contribution in [2.24, 2.45) is 0 Å². The maximum absolute atomic E-state index is 12.6. The average molecular weight is 340 g/mol. The molecule has 3 aromatic rings. The van der Waals surface area contributed by atoms with Crippen molar-refractivity contribution in [3.05, 3.63) is 41.0 Å². The molecule has 0 aliphatic carbocycles. The molecule has 0 radical (unpaired) electrons. The van der Waals surface area contributed by atoms with Gasteiger partial charge in [-0.05, 0) is 19.9 Å². The van der Waals surface area contributed by atoms with Gasteiger partial charge in [0.25, 0.3) is 0 Å². The number of carbonyl (C=O) groups is 1. The maximum Gasteiger partial charge on any atom is 0.224 e. The van der Waals surface area contributed by atoms with Crippen LogP contribution in [0.4, 0.5) is 0 Å². The zero-order chi connectivity index (χ0) is 17.4. The third-order valence-corrected chi connectivity index (χ3v) is 4.49. The summed E-state index contributed by atoms with van der Waals surface area (Å²) >= 11 is 0. The first-order valence-corrected chi connectivity index (χ1v) is 8.38. The molecule has 0 atom stereocenters. The van der Waals surface area contributed by atoms with Gasteiger partial charge in [-0.15, -0.1) is 0 Å². The largest absolute Gasteiger partial charge is 0.361 e. The van der Waals surface area contributed by atoms with Crippen LogP contribution in [-0.4, -0.2) is 42.5 Å². The lowest BCUT2D eigenvalue weighted by Crippen LogP contribution is -2.36. The fraction of sp³-hybridized carbons (Fsp3) is 0.412. The predicted octanol–water partition coefficient (Wildman–Crippen LogP) is 1.85. The van der Waals surface area contributed by atoms with Gasteiger partial charge in [-0.1, -0.05) is 5.16 Å². The molecule has 8 heteroatoms. The van der Waals surface area contributed by atoms with Crippen LogP contribution in [-0.2, 0) is 24.3 Å². The molecule has 1 amide bonds. The van der Waals surface area contributed by atoms with E-state index in [0.29, 0.717) is 31.7 Å². The Morgan fingerprint density at radius 3 is 3.00 bits per heavy atom. The number of carbonyl (C=O) groups excluding carboxylic acids is 1. The lowest BCUT2D eigenvalue weighted by atomic mass is 10.0. The molecule has 0 spiro atoms. The van der Waals surface area contributed by atoms with Gasteiger partial charge in [0.15, 0.2) is 0 Å². The van der Waals surface area contributed by atoms with Gasteiger partial charge in [0.05, 0.1) is 5.69 Å². The Morgan fingerprint density at radius 1 is 1.40 bits per heavy atom. The first-order chi connectivity index (χ1) is 12.1. The molecule has 4 rings (SSSR count). The Balaban J connectivity index is 1.46. The van der Waals surface area contributed by atoms with Gasteiger partial charge >= 0.3 is 0 Å². The molecule has 4 heterocycles. The van der Waals surface area contributed by atoms with Gasteiger partial charge in [-0.2, -0.15) is 10.2 Å². The molecular formula is C17H20N6O2. The molecule has 0 fully saturated rings. The number of fused-ring (bicyclic) bond motifs is 1. The summed E-state index contributed by atoms with van der Waals surface area (Å²) in [5, 5.41) is 15.8. The van der Waals surface area contributed by atoms with Crippen LogP contribution in [0.25, 0.3) is 11.4 Å². The third kappa shape index (κ3) is 3.07. The van der Waals surface area contributed by atoms with Gasteiger partial charge in [0.1, 0.15) is 17.1 Å². The van der Waals surface area contributed by atoms with Crippen molar-refractivity contribution in [2.45, 2.75) is 39.8 Å². The lowest BCUT2D eigenvalue weighted by Gasteiger charge is -2.27. The molecule has 0 unspecified atom stereocenters. The molecule has 1 aliphatic rings. The SMILES string of the molecule is Cc1ccn(CCC(=O)N2CCc3[nH]nc(-c4cc(C)on4)c3C2)n1. The highest BCUT2D eigenvalue weighted by atomic mass is 16.5. The zero-order valence-corrected chi connectivity index (χ0v) is 14.3. The number of nitrogens with one attached hydrogen (secondary N) is 1. The molecule has 0 aromatic carbocycles. The van der Waals surface area contributed by atoms with Crippen LogP contribution in [0.1, 0.15) is 29.1 Å². The Morgan fingerprint density at radius 2 is 2.28 bits per heavy atom. The fourth-order valence-corrected chi connectivity index (χ4v) is 3.15. The summed E-state index contributed by atoms with van der Waals surface area (Å²) in [5.41, 5.74) is 4.54. The van der Waals surface area contributed by atoms with E-state index in [4.69, 9.17) is 4.52 Å². The quantitative estimate of drug-likeness (QED) is 0.782. The van der Waals surface area contributed by atoms with E-state index in [0.717, 1.165) is 34.8 Å². The van der Waals surface area contributed by atoms with Crippen molar-refractivity contribution in [1.29, 1.82) is 0 Å². The van der Waals surface area contributed by atoms with Crippen LogP contribution in [0.15, 0.2) is 22.9 Å². The fourth-order valence-electron chi connectivity index (χ4n) is 3.15. The van der Waals surface area contributed by atoms with Crippen molar-refractivity contribution in [2.75, 3.05) is 6.54 Å². The first kappa shape index (κ1) is 15.6. The van der Waals surface area contributed by atoms with Gasteiger partial charge in [0, 0.05) is 56.0 Å². The molecule has 0 saturated heterocycles. The number of aromatic nitrogens is 5. The predicted molar refractivity (Wildman–Crippen MR) is 89.5 cm³/mol. The van der Waals surface area contributed by atoms with Crippen LogP contribution in [0.5, 0.6) is 0 Å². The van der Waals surface area contributed by atoms with Gasteiger partial charge in [0.2, 0.25) is 5.91 Å². The van der Waals surface area contributed by atoms with Crippen LogP contribution in [0.3, 0.4) is 0 Å². The molecule has 1 N–H and O–H groups in total. The van der Waals surface area contributed by atoms with E-state index < -0.39 is 0 Å². The molecule has 3 aromatic heterocycles. The van der Waals surface area contributed by atoms with Crippen molar-refractivity contribution in [1.82, 2.24) is 30.0 Å². The highest BCUT2D eigenvalue weighted by molar-refractivity contribution is 5.77. The molecule has 0 bridgehead atoms. The number of H-pyrrole nitrogens is 1. The molecule has 8 nitrogen and oxygen atoms in total. The summed E-state index contributed by atoms with van der Waals surface area (Å²) in [4.78, 5) is 14.5. The average Bonchev–Trinajstić information content (AvgIpc) is 3.31. The number of aromatic amines is 1. The number of hydrogen-bond donors (Lipinski definition) is 1. The number of aryl methyl sites for hydroxylation is 3. The van der Waals surface area contributed by atoms with Crippen LogP contribution >= 0.6 is 0 Å². The van der Waals surface area contributed by atoms with E-state index in [-0.39, 0.29) is 5.91 Å². The normalized spacial score (nSPS) is 13.9. The van der Waals surface area contributed by atoms with Gasteiger partial charge in [-0.3, -0.25) is 14.6 Å². The minimum Gasteiger partial charge on any atom is -0.361 e. The summed E-state index contributed by atoms with van der Waals surface area (Å²) < 4.78 is 6.96. The summed E-state index contributed by atoms with van der Waals surface area (Å²) in [5.74, 6) is 0.868. The lowest BCUT2D eigenvalue weighted by molar-refractivity contribution is -0.132. The second-order valence-electron chi connectivity index (χ2n) is 6.39. The Hall–Kier alpha value is -2.90. The smallest absolute Gasteiger partial charge is 0.224 e.